The Kier molecular flexibility index (Phi) is 1.88. The molecule has 2 atom stereocenters. The van der Waals surface area contributed by atoms with Gasteiger partial charge in [0.1, 0.15) is 6.54 Å². The van der Waals surface area contributed by atoms with Gasteiger partial charge in [0.25, 0.3) is 5.91 Å². The number of nitrogens with one attached hydrogen (secondary N) is 1. The summed E-state index contributed by atoms with van der Waals surface area (Å²) in [5.41, 5.74) is 1.67. The van der Waals surface area contributed by atoms with E-state index >= 15 is 0 Å². The number of carbonyl (C=O) groups is 3. The molecule has 6 nitrogen and oxygen atoms in total. The fourth-order valence-corrected chi connectivity index (χ4v) is 2.35. The zero-order chi connectivity index (χ0) is 11.4. The Bertz CT molecular complexity index is 340. The molecule has 1 saturated carbocycles. The molecule has 0 aromatic rings. The lowest BCUT2D eigenvalue weighted by Gasteiger charge is -2.19. The Balaban J connectivity index is 2.11. The zero-order valence-electron chi connectivity index (χ0n) is 8.61. The maximum absolute atomic E-state index is 11.7. The molecule has 2 aliphatic rings. The Hall–Kier alpha value is -1.43. The van der Waals surface area contributed by atoms with Gasteiger partial charge < -0.3 is 0 Å². The summed E-state index contributed by atoms with van der Waals surface area (Å²) >= 11 is 0. The smallest absolute Gasteiger partial charge is 0.254 e. The summed E-state index contributed by atoms with van der Waals surface area (Å²) in [7, 11) is 0. The number of carbonyl (C=O) groups excluding carboxylic acids is 3. The Morgan fingerprint density at radius 2 is 1.87 bits per heavy atom. The highest BCUT2D eigenvalue weighted by atomic mass is 16.2. The maximum atomic E-state index is 11.7. The van der Waals surface area contributed by atoms with Crippen molar-refractivity contribution in [1.29, 1.82) is 0 Å². The Labute approximate surface area is 86.8 Å². The molecule has 0 spiro atoms. The molecule has 1 saturated heterocycles. The number of piperidine rings is 1. The lowest BCUT2D eigenvalue weighted by Crippen LogP contribution is -2.45. The minimum atomic E-state index is -0.532. The summed E-state index contributed by atoms with van der Waals surface area (Å²) in [5, 5.41) is 0. The van der Waals surface area contributed by atoms with Gasteiger partial charge in [0, 0.05) is 0 Å². The highest BCUT2D eigenvalue weighted by Gasteiger charge is 2.72. The first kappa shape index (κ1) is 10.1. The summed E-state index contributed by atoms with van der Waals surface area (Å²) in [6.07, 6.45) is 0. The van der Waals surface area contributed by atoms with E-state index in [0.29, 0.717) is 0 Å². The first-order valence-electron chi connectivity index (χ1n) is 4.76. The lowest BCUT2D eigenvalue weighted by molar-refractivity contribution is -0.146. The molecule has 0 aromatic heterocycles. The molecule has 82 valence electrons. The van der Waals surface area contributed by atoms with Crippen LogP contribution in [0.25, 0.3) is 0 Å². The van der Waals surface area contributed by atoms with Crippen molar-refractivity contribution in [3.63, 3.8) is 0 Å². The van der Waals surface area contributed by atoms with E-state index in [1.165, 1.54) is 0 Å². The van der Waals surface area contributed by atoms with E-state index in [4.69, 9.17) is 5.84 Å². The van der Waals surface area contributed by atoms with Gasteiger partial charge in [-0.2, -0.15) is 0 Å². The fraction of sp³-hybridized carbons (Fsp3) is 0.667. The van der Waals surface area contributed by atoms with Gasteiger partial charge in [-0.25, -0.2) is 5.84 Å². The number of rotatable bonds is 2. The topological polar surface area (TPSA) is 92.5 Å². The summed E-state index contributed by atoms with van der Waals surface area (Å²) in [6, 6.07) is 0. The first-order chi connectivity index (χ1) is 6.91. The third-order valence-electron chi connectivity index (χ3n) is 3.35. The number of hydrazine groups is 1. The average Bonchev–Trinajstić information content (AvgIpc) is 2.64. The molecule has 0 aromatic carbocycles. The second-order valence-corrected chi connectivity index (χ2v) is 4.61. The molecule has 1 heterocycles. The average molecular weight is 211 g/mol. The van der Waals surface area contributed by atoms with Crippen LogP contribution in [0.4, 0.5) is 0 Å². The highest BCUT2D eigenvalue weighted by molar-refractivity contribution is 6.11. The van der Waals surface area contributed by atoms with Crippen molar-refractivity contribution in [3.8, 4) is 0 Å². The van der Waals surface area contributed by atoms with Gasteiger partial charge in [0.05, 0.1) is 11.8 Å². The molecule has 3 amide bonds. The minimum Gasteiger partial charge on any atom is -0.293 e. The first-order valence-corrected chi connectivity index (χ1v) is 4.76. The summed E-state index contributed by atoms with van der Waals surface area (Å²) in [5.74, 6) is 3.38. The van der Waals surface area contributed by atoms with Crippen LogP contribution in [-0.4, -0.2) is 29.2 Å². The van der Waals surface area contributed by atoms with Crippen LogP contribution in [0.3, 0.4) is 0 Å². The van der Waals surface area contributed by atoms with Crippen LogP contribution in [-0.2, 0) is 14.4 Å². The van der Waals surface area contributed by atoms with Crippen LogP contribution in [0.15, 0.2) is 0 Å². The number of nitrogens with two attached hydrogens (primary N) is 1. The molecule has 0 bridgehead atoms. The van der Waals surface area contributed by atoms with E-state index in [-0.39, 0.29) is 35.6 Å². The molecule has 2 unspecified atom stereocenters. The molecule has 1 aliphatic carbocycles. The number of amides is 3. The summed E-state index contributed by atoms with van der Waals surface area (Å²) in [6.45, 7) is 3.51. The van der Waals surface area contributed by atoms with Crippen molar-refractivity contribution in [2.24, 2.45) is 23.1 Å². The monoisotopic (exact) mass is 211 g/mol. The maximum Gasteiger partial charge on any atom is 0.254 e. The van der Waals surface area contributed by atoms with Crippen molar-refractivity contribution in [1.82, 2.24) is 10.3 Å². The van der Waals surface area contributed by atoms with Gasteiger partial charge >= 0.3 is 0 Å². The third kappa shape index (κ3) is 1.18. The van der Waals surface area contributed by atoms with Crippen LogP contribution in [0, 0.1) is 17.3 Å². The second-order valence-electron chi connectivity index (χ2n) is 4.61. The van der Waals surface area contributed by atoms with Crippen LogP contribution in [0.5, 0.6) is 0 Å². The molecular weight excluding hydrogens is 198 g/mol. The van der Waals surface area contributed by atoms with Gasteiger partial charge in [0.15, 0.2) is 0 Å². The molecule has 2 rings (SSSR count). The van der Waals surface area contributed by atoms with Crippen molar-refractivity contribution in [2.45, 2.75) is 13.8 Å². The van der Waals surface area contributed by atoms with Crippen LogP contribution in [0.1, 0.15) is 13.8 Å². The van der Waals surface area contributed by atoms with Crippen molar-refractivity contribution in [2.75, 3.05) is 6.54 Å². The molecular formula is C9H13N3O3. The number of hydrogen-bond donors (Lipinski definition) is 2. The van der Waals surface area contributed by atoms with Gasteiger partial charge in [-0.05, 0) is 5.41 Å². The third-order valence-corrected chi connectivity index (χ3v) is 3.35. The van der Waals surface area contributed by atoms with Gasteiger partial charge in [-0.3, -0.25) is 24.7 Å². The van der Waals surface area contributed by atoms with Crippen LogP contribution >= 0.6 is 0 Å². The van der Waals surface area contributed by atoms with Crippen LogP contribution < -0.4 is 11.3 Å². The Morgan fingerprint density at radius 3 is 2.27 bits per heavy atom. The molecule has 2 fully saturated rings. The molecule has 6 heteroatoms. The summed E-state index contributed by atoms with van der Waals surface area (Å²) in [4.78, 5) is 35.4. The predicted octanol–water partition coefficient (Wildman–Crippen LogP) is -1.38. The largest absolute Gasteiger partial charge is 0.293 e. The molecule has 0 radical (unpaired) electrons. The highest BCUT2D eigenvalue weighted by Crippen LogP contribution is 2.63. The standard InChI is InChI=1S/C9H13N3O3/c1-9(2)5-6(9)8(15)12(7(5)14)3-4(13)11-10/h5-6H,3,10H2,1-2H3,(H,11,13). The van der Waals surface area contributed by atoms with Gasteiger partial charge in [0.2, 0.25) is 11.8 Å². The van der Waals surface area contributed by atoms with E-state index in [1.807, 2.05) is 19.3 Å². The zero-order valence-corrected chi connectivity index (χ0v) is 8.61. The fourth-order valence-electron chi connectivity index (χ4n) is 2.35. The van der Waals surface area contributed by atoms with E-state index in [2.05, 4.69) is 0 Å². The van der Waals surface area contributed by atoms with Crippen LogP contribution in [0.2, 0.25) is 0 Å². The van der Waals surface area contributed by atoms with E-state index < -0.39 is 5.91 Å². The van der Waals surface area contributed by atoms with Crippen molar-refractivity contribution < 1.29 is 14.4 Å². The van der Waals surface area contributed by atoms with E-state index in [9.17, 15) is 14.4 Å². The number of nitrogens with zero attached hydrogens (tertiary/aromatic N) is 1. The number of hydrogen-bond acceptors (Lipinski definition) is 4. The Morgan fingerprint density at radius 1 is 1.40 bits per heavy atom. The number of likely N-dealkylation sites (tertiary alicyclic amines) is 1. The quantitative estimate of drug-likeness (QED) is 0.255. The van der Waals surface area contributed by atoms with Gasteiger partial charge in [-0.15, -0.1) is 0 Å². The molecule has 15 heavy (non-hydrogen) atoms. The van der Waals surface area contributed by atoms with Crippen molar-refractivity contribution >= 4 is 17.7 Å². The second kappa shape index (κ2) is 2.79. The number of fused-ring (bicyclic) bond motifs is 1. The molecule has 3 N–H and O–H groups in total. The lowest BCUT2D eigenvalue weighted by atomic mass is 10.1. The SMILES string of the molecule is CC1(C)C2C(=O)N(CC(=O)NN)C(=O)C21. The van der Waals surface area contributed by atoms with E-state index in [1.54, 1.807) is 0 Å². The summed E-state index contributed by atoms with van der Waals surface area (Å²) < 4.78 is 0. The van der Waals surface area contributed by atoms with Crippen molar-refractivity contribution in [3.05, 3.63) is 0 Å². The molecule has 1 aliphatic heterocycles. The predicted molar refractivity (Wildman–Crippen MR) is 49.8 cm³/mol. The number of imide groups is 1. The van der Waals surface area contributed by atoms with E-state index in [0.717, 1.165) is 4.90 Å². The van der Waals surface area contributed by atoms with Gasteiger partial charge in [-0.1, -0.05) is 13.8 Å². The minimum absolute atomic E-state index is 0.232. The normalized spacial score (nSPS) is 31.5.